The van der Waals surface area contributed by atoms with Gasteiger partial charge in [0.25, 0.3) is 0 Å². The zero-order valence-electron chi connectivity index (χ0n) is 25.4. The maximum Gasteiger partial charge on any atom is 0.332 e. The van der Waals surface area contributed by atoms with Crippen molar-refractivity contribution in [3.63, 3.8) is 0 Å². The molecule has 0 radical (unpaired) electrons. The fourth-order valence-corrected chi connectivity index (χ4v) is 7.55. The van der Waals surface area contributed by atoms with Gasteiger partial charge in [-0.1, -0.05) is 38.3 Å². The van der Waals surface area contributed by atoms with E-state index >= 15 is 0 Å². The highest BCUT2D eigenvalue weighted by Crippen LogP contribution is 2.44. The first-order valence-corrected chi connectivity index (χ1v) is 17.1. The number of hydrogen-bond donors (Lipinski definition) is 0. The van der Waals surface area contributed by atoms with Crippen LogP contribution in [-0.4, -0.2) is 69.2 Å². The van der Waals surface area contributed by atoms with Crippen molar-refractivity contribution in [2.45, 2.75) is 140 Å². The van der Waals surface area contributed by atoms with Crippen molar-refractivity contribution < 1.29 is 33.2 Å². The van der Waals surface area contributed by atoms with Crippen molar-refractivity contribution in [3.05, 3.63) is 12.2 Å². The Bertz CT molecular complexity index is 746. The summed E-state index contributed by atoms with van der Waals surface area (Å²) in [4.78, 5) is 11.7. The van der Waals surface area contributed by atoms with E-state index in [1.165, 1.54) is 38.5 Å². The number of carbonyl (C=O) groups is 1. The molecule has 0 amide bonds. The van der Waals surface area contributed by atoms with Crippen LogP contribution in [0.2, 0.25) is 0 Å². The van der Waals surface area contributed by atoms with Gasteiger partial charge in [0, 0.05) is 18.6 Å². The molecule has 2 aliphatic heterocycles. The number of allylic oxidation sites excluding steroid dienone is 1. The van der Waals surface area contributed by atoms with Gasteiger partial charge in [-0.2, -0.15) is 0 Å². The first kappa shape index (κ1) is 33.2. The van der Waals surface area contributed by atoms with E-state index in [0.717, 1.165) is 77.4 Å². The van der Waals surface area contributed by atoms with Crippen LogP contribution in [0.25, 0.3) is 0 Å². The van der Waals surface area contributed by atoms with Crippen LogP contribution in [-0.2, 0) is 33.2 Å². The van der Waals surface area contributed by atoms with E-state index < -0.39 is 0 Å². The van der Waals surface area contributed by atoms with Gasteiger partial charge in [0.2, 0.25) is 0 Å². The van der Waals surface area contributed by atoms with Crippen molar-refractivity contribution in [2.24, 2.45) is 17.8 Å². The van der Waals surface area contributed by atoms with Gasteiger partial charge in [-0.25, -0.2) is 4.79 Å². The molecule has 7 nitrogen and oxygen atoms in total. The molecule has 0 bridgehead atoms. The van der Waals surface area contributed by atoms with E-state index in [-0.39, 0.29) is 42.7 Å². The molecule has 2 unspecified atom stereocenters. The van der Waals surface area contributed by atoms with Crippen LogP contribution in [0.4, 0.5) is 0 Å². The molecular weight excluding hydrogens is 544 g/mol. The van der Waals surface area contributed by atoms with Gasteiger partial charge >= 0.3 is 5.97 Å². The fourth-order valence-electron chi connectivity index (χ4n) is 7.09. The third kappa shape index (κ3) is 11.4. The molecule has 2 aliphatic carbocycles. The minimum absolute atomic E-state index is 0.0148. The molecule has 7 atom stereocenters. The van der Waals surface area contributed by atoms with Crippen LogP contribution in [0.5, 0.6) is 0 Å². The van der Waals surface area contributed by atoms with Crippen LogP contribution in [0.3, 0.4) is 0 Å². The molecule has 236 valence electrons. The normalized spacial score (nSPS) is 32.3. The Kier molecular flexibility index (Phi) is 15.3. The van der Waals surface area contributed by atoms with Crippen molar-refractivity contribution in [1.29, 1.82) is 0 Å². The summed E-state index contributed by atoms with van der Waals surface area (Å²) in [6.07, 6.45) is 21.9. The number of hydrogen-bond acceptors (Lipinski definition) is 7. The highest BCUT2D eigenvalue weighted by Gasteiger charge is 2.44. The van der Waals surface area contributed by atoms with E-state index in [4.69, 9.17) is 40.0 Å². The molecule has 2 saturated heterocycles. The number of alkyl halides is 1. The van der Waals surface area contributed by atoms with Crippen molar-refractivity contribution in [2.75, 3.05) is 33.0 Å². The second-order valence-electron chi connectivity index (χ2n) is 12.4. The van der Waals surface area contributed by atoms with Crippen molar-refractivity contribution in [3.8, 4) is 0 Å². The molecule has 0 aromatic carbocycles. The van der Waals surface area contributed by atoms with Crippen molar-refractivity contribution >= 4 is 17.6 Å². The Balaban J connectivity index is 1.35. The van der Waals surface area contributed by atoms with E-state index in [0.29, 0.717) is 31.0 Å². The third-order valence-electron chi connectivity index (χ3n) is 9.31. The second-order valence-corrected chi connectivity index (χ2v) is 13.0. The van der Waals surface area contributed by atoms with E-state index in [1.54, 1.807) is 0 Å². The molecule has 2 saturated carbocycles. The topological polar surface area (TPSA) is 72.5 Å². The van der Waals surface area contributed by atoms with Gasteiger partial charge in [-0.3, -0.25) is 0 Å². The Morgan fingerprint density at radius 2 is 1.66 bits per heavy atom. The van der Waals surface area contributed by atoms with Crippen LogP contribution in [0.15, 0.2) is 12.2 Å². The van der Waals surface area contributed by atoms with Crippen molar-refractivity contribution in [1.82, 2.24) is 0 Å². The molecule has 2 heterocycles. The molecule has 0 spiro atoms. The summed E-state index contributed by atoms with van der Waals surface area (Å²) >= 11 is 7.04. The lowest BCUT2D eigenvalue weighted by molar-refractivity contribution is -0.207. The van der Waals surface area contributed by atoms with E-state index in [9.17, 15) is 4.79 Å². The first-order valence-electron chi connectivity index (χ1n) is 16.7. The van der Waals surface area contributed by atoms with Gasteiger partial charge in [-0.05, 0) is 101 Å². The lowest BCUT2D eigenvalue weighted by atomic mass is 9.80. The van der Waals surface area contributed by atoms with Gasteiger partial charge in [0.1, 0.15) is 6.61 Å². The van der Waals surface area contributed by atoms with Crippen LogP contribution in [0, 0.1) is 17.8 Å². The molecule has 4 fully saturated rings. The maximum absolute atomic E-state index is 11.7. The summed E-state index contributed by atoms with van der Waals surface area (Å²) in [6, 6.07) is 0. The summed E-state index contributed by atoms with van der Waals surface area (Å²) in [6.45, 7) is 4.38. The fraction of sp³-hybridized carbons (Fsp3) is 0.909. The minimum Gasteiger partial charge on any atom is -0.464 e. The first-order chi connectivity index (χ1) is 20.1. The summed E-state index contributed by atoms with van der Waals surface area (Å²) in [5.41, 5.74) is 0. The van der Waals surface area contributed by atoms with Crippen LogP contribution < -0.4 is 0 Å². The standard InChI is InChI=1S/C33H55ClO7/c1-2-19-37-31(35)24-36-20-9-6-14-26-27(30(23-28(26)34)41-33-16-8-11-22-39-33)17-18-29(25-12-4-3-5-13-25)40-32-15-7-10-21-38-32/h6,9,25-30,32-33H,2-5,7-8,10-24H2,1H3/b9-6-/t26-,27-,28-,29-,30-,32?,33?/m1/s1. The Morgan fingerprint density at radius 3 is 2.37 bits per heavy atom. The Labute approximate surface area is 253 Å². The number of halogens is 1. The zero-order chi connectivity index (χ0) is 28.7. The largest absolute Gasteiger partial charge is 0.464 e. The van der Waals surface area contributed by atoms with Gasteiger partial charge < -0.3 is 28.4 Å². The number of carbonyl (C=O) groups excluding carboxylic acids is 1. The average molecular weight is 599 g/mol. The predicted molar refractivity (Wildman–Crippen MR) is 160 cm³/mol. The predicted octanol–water partition coefficient (Wildman–Crippen LogP) is 7.33. The molecular formula is C33H55ClO7. The third-order valence-corrected chi connectivity index (χ3v) is 9.82. The van der Waals surface area contributed by atoms with Gasteiger partial charge in [0.05, 0.1) is 25.4 Å². The molecule has 4 rings (SSSR count). The second kappa shape index (κ2) is 18.9. The highest BCUT2D eigenvalue weighted by atomic mass is 35.5. The number of ether oxygens (including phenoxy) is 6. The summed E-state index contributed by atoms with van der Waals surface area (Å²) in [5.74, 6) is 0.965. The molecule has 41 heavy (non-hydrogen) atoms. The monoisotopic (exact) mass is 598 g/mol. The lowest BCUT2D eigenvalue weighted by Crippen LogP contribution is -2.35. The van der Waals surface area contributed by atoms with E-state index in [2.05, 4.69) is 6.08 Å². The summed E-state index contributed by atoms with van der Waals surface area (Å²) < 4.78 is 35.9. The number of esters is 1. The molecule has 8 heteroatoms. The molecule has 0 aromatic heterocycles. The molecule has 0 aromatic rings. The molecule has 4 aliphatic rings. The smallest absolute Gasteiger partial charge is 0.332 e. The Morgan fingerprint density at radius 1 is 0.927 bits per heavy atom. The Hall–Kier alpha value is -0.700. The summed E-state index contributed by atoms with van der Waals surface area (Å²) in [7, 11) is 0. The number of rotatable bonds is 16. The van der Waals surface area contributed by atoms with Crippen LogP contribution >= 0.6 is 11.6 Å². The SMILES string of the molecule is CCCOC(=O)COC/C=C\C[C@@H]1[C@@H](CC[C@@H](OC2CCCCO2)C2CCCCC2)[C@H](OC2CCCCO2)C[C@H]1Cl. The lowest BCUT2D eigenvalue weighted by Gasteiger charge is -2.36. The summed E-state index contributed by atoms with van der Waals surface area (Å²) in [5, 5.41) is 0.0545. The minimum atomic E-state index is -0.310. The highest BCUT2D eigenvalue weighted by molar-refractivity contribution is 6.21. The quantitative estimate of drug-likeness (QED) is 0.0797. The average Bonchev–Trinajstić information content (AvgIpc) is 3.30. The van der Waals surface area contributed by atoms with Crippen LogP contribution in [0.1, 0.15) is 110 Å². The van der Waals surface area contributed by atoms with Gasteiger partial charge in [-0.15, -0.1) is 11.6 Å². The van der Waals surface area contributed by atoms with E-state index in [1.807, 2.05) is 13.0 Å². The van der Waals surface area contributed by atoms with Gasteiger partial charge in [0.15, 0.2) is 12.6 Å². The zero-order valence-corrected chi connectivity index (χ0v) is 26.1. The molecule has 0 N–H and O–H groups in total. The maximum atomic E-state index is 11.7.